The van der Waals surface area contributed by atoms with Crippen LogP contribution in [0.1, 0.15) is 13.8 Å². The zero-order valence-electron chi connectivity index (χ0n) is 6.09. The summed E-state index contributed by atoms with van der Waals surface area (Å²) in [5.41, 5.74) is 0. The molecule has 0 aromatic rings. The number of ether oxygens (including phenoxy) is 3. The van der Waals surface area contributed by atoms with Gasteiger partial charge in [0.25, 0.3) is 0 Å². The molecule has 3 nitrogen and oxygen atoms in total. The van der Waals surface area contributed by atoms with E-state index in [2.05, 4.69) is 0 Å². The predicted molar refractivity (Wildman–Crippen MR) is 36.7 cm³/mol. The molecule has 0 aromatic carbocycles. The molecule has 60 valence electrons. The summed E-state index contributed by atoms with van der Waals surface area (Å²) in [6, 6.07) is 0. The van der Waals surface area contributed by atoms with E-state index in [9.17, 15) is 0 Å². The Balaban J connectivity index is 2.39. The van der Waals surface area contributed by atoms with Crippen LogP contribution in [-0.4, -0.2) is 24.8 Å². The van der Waals surface area contributed by atoms with Crippen molar-refractivity contribution in [3.63, 3.8) is 0 Å². The molecule has 0 aliphatic carbocycles. The van der Waals surface area contributed by atoms with Crippen LogP contribution < -0.4 is 0 Å². The van der Waals surface area contributed by atoms with E-state index in [1.54, 1.807) is 0 Å². The van der Waals surface area contributed by atoms with Crippen molar-refractivity contribution in [3.8, 4) is 0 Å². The minimum absolute atomic E-state index is 0.265. The Bertz CT molecular complexity index is 104. The number of halogens is 1. The van der Waals surface area contributed by atoms with Gasteiger partial charge >= 0.3 is 0 Å². The van der Waals surface area contributed by atoms with Crippen molar-refractivity contribution in [1.29, 1.82) is 0 Å². The van der Waals surface area contributed by atoms with Crippen molar-refractivity contribution in [2.45, 2.75) is 25.0 Å². The molecule has 1 aliphatic rings. The second kappa shape index (κ2) is 3.05. The largest absolute Gasteiger partial charge is 0.329 e. The first kappa shape index (κ1) is 8.27. The lowest BCUT2D eigenvalue weighted by molar-refractivity contribution is -0.306. The molecule has 1 saturated heterocycles. The van der Waals surface area contributed by atoms with Crippen LogP contribution in [0.2, 0.25) is 0 Å². The highest BCUT2D eigenvalue weighted by Crippen LogP contribution is 2.23. The molecule has 0 saturated carbocycles. The summed E-state index contributed by atoms with van der Waals surface area (Å²) in [5.74, 6) is 0. The summed E-state index contributed by atoms with van der Waals surface area (Å²) in [6.07, 6.45) is -0.358. The SMILES string of the molecule is CC(C)(Cl)C1OCOCO1. The predicted octanol–water partition coefficient (Wildman–Crippen LogP) is 1.31. The summed E-state index contributed by atoms with van der Waals surface area (Å²) in [4.78, 5) is -0.482. The molecule has 1 rings (SSSR count). The fourth-order valence-electron chi connectivity index (χ4n) is 0.698. The van der Waals surface area contributed by atoms with Gasteiger partial charge in [0.15, 0.2) is 19.9 Å². The second-order valence-electron chi connectivity index (χ2n) is 2.67. The van der Waals surface area contributed by atoms with Gasteiger partial charge in [-0.1, -0.05) is 0 Å². The lowest BCUT2D eigenvalue weighted by Crippen LogP contribution is -2.40. The van der Waals surface area contributed by atoms with Crippen LogP contribution in [0.4, 0.5) is 0 Å². The van der Waals surface area contributed by atoms with E-state index in [0.29, 0.717) is 0 Å². The summed E-state index contributed by atoms with van der Waals surface area (Å²) in [5, 5.41) is 0. The van der Waals surface area contributed by atoms with Crippen LogP contribution in [0.25, 0.3) is 0 Å². The molecule has 0 radical (unpaired) electrons. The number of hydrogen-bond acceptors (Lipinski definition) is 3. The maximum Gasteiger partial charge on any atom is 0.181 e. The maximum atomic E-state index is 5.91. The fraction of sp³-hybridized carbons (Fsp3) is 1.00. The van der Waals surface area contributed by atoms with E-state index in [-0.39, 0.29) is 19.9 Å². The standard InChI is InChI=1S/C6H11ClO3/c1-6(2,7)5-9-3-8-4-10-5/h5H,3-4H2,1-2H3. The lowest BCUT2D eigenvalue weighted by atomic mass is 10.2. The van der Waals surface area contributed by atoms with E-state index in [0.717, 1.165) is 0 Å². The topological polar surface area (TPSA) is 27.7 Å². The minimum atomic E-state index is -0.482. The molecule has 1 fully saturated rings. The van der Waals surface area contributed by atoms with Crippen molar-refractivity contribution < 1.29 is 14.2 Å². The fourth-order valence-corrected chi connectivity index (χ4v) is 0.824. The molecule has 0 atom stereocenters. The minimum Gasteiger partial charge on any atom is -0.329 e. The highest BCUT2D eigenvalue weighted by atomic mass is 35.5. The average molecular weight is 167 g/mol. The van der Waals surface area contributed by atoms with Gasteiger partial charge in [0.2, 0.25) is 0 Å². The summed E-state index contributed by atoms with van der Waals surface area (Å²) in [7, 11) is 0. The van der Waals surface area contributed by atoms with Crippen LogP contribution in [-0.2, 0) is 14.2 Å². The molecule has 0 aromatic heterocycles. The van der Waals surface area contributed by atoms with Crippen LogP contribution in [0.5, 0.6) is 0 Å². The van der Waals surface area contributed by atoms with Crippen molar-refractivity contribution in [2.75, 3.05) is 13.6 Å². The molecule has 10 heavy (non-hydrogen) atoms. The Morgan fingerprint density at radius 3 is 2.10 bits per heavy atom. The first-order valence-corrected chi connectivity index (χ1v) is 3.48. The van der Waals surface area contributed by atoms with Gasteiger partial charge in [-0.3, -0.25) is 0 Å². The van der Waals surface area contributed by atoms with Gasteiger partial charge in [-0.05, 0) is 13.8 Å². The molecule has 0 N–H and O–H groups in total. The number of alkyl halides is 1. The van der Waals surface area contributed by atoms with Crippen molar-refractivity contribution in [1.82, 2.24) is 0 Å². The summed E-state index contributed by atoms with van der Waals surface area (Å²) >= 11 is 5.91. The van der Waals surface area contributed by atoms with E-state index in [1.807, 2.05) is 13.8 Å². The van der Waals surface area contributed by atoms with Gasteiger partial charge in [-0.2, -0.15) is 0 Å². The monoisotopic (exact) mass is 166 g/mol. The molecular weight excluding hydrogens is 156 g/mol. The zero-order chi connectivity index (χ0) is 7.61. The second-order valence-corrected chi connectivity index (χ2v) is 3.64. The molecule has 0 amide bonds. The van der Waals surface area contributed by atoms with Gasteiger partial charge in [-0.25, -0.2) is 0 Å². The van der Waals surface area contributed by atoms with E-state index < -0.39 is 4.87 Å². The number of hydrogen-bond donors (Lipinski definition) is 0. The Morgan fingerprint density at radius 2 is 1.80 bits per heavy atom. The Kier molecular flexibility index (Phi) is 2.52. The normalized spacial score (nSPS) is 23.1. The highest BCUT2D eigenvalue weighted by molar-refractivity contribution is 6.23. The summed E-state index contributed by atoms with van der Waals surface area (Å²) < 4.78 is 14.9. The van der Waals surface area contributed by atoms with Gasteiger partial charge in [0, 0.05) is 0 Å². The van der Waals surface area contributed by atoms with E-state index in [1.165, 1.54) is 0 Å². The smallest absolute Gasteiger partial charge is 0.181 e. The molecule has 4 heteroatoms. The Labute approximate surface area is 65.2 Å². The van der Waals surface area contributed by atoms with Crippen LogP contribution in [0.3, 0.4) is 0 Å². The van der Waals surface area contributed by atoms with Gasteiger partial charge in [0.05, 0.1) is 4.87 Å². The van der Waals surface area contributed by atoms with Gasteiger partial charge in [-0.15, -0.1) is 11.6 Å². The van der Waals surface area contributed by atoms with Crippen LogP contribution in [0.15, 0.2) is 0 Å². The highest BCUT2D eigenvalue weighted by Gasteiger charge is 2.30. The van der Waals surface area contributed by atoms with E-state index >= 15 is 0 Å². The first-order chi connectivity index (χ1) is 4.61. The lowest BCUT2D eigenvalue weighted by Gasteiger charge is -2.31. The quantitative estimate of drug-likeness (QED) is 0.550. The summed E-state index contributed by atoms with van der Waals surface area (Å²) in [6.45, 7) is 4.21. The molecule has 0 bridgehead atoms. The van der Waals surface area contributed by atoms with Crippen molar-refractivity contribution in [2.24, 2.45) is 0 Å². The maximum absolute atomic E-state index is 5.91. The van der Waals surface area contributed by atoms with E-state index in [4.69, 9.17) is 25.8 Å². The van der Waals surface area contributed by atoms with Crippen molar-refractivity contribution in [3.05, 3.63) is 0 Å². The van der Waals surface area contributed by atoms with Gasteiger partial charge < -0.3 is 14.2 Å². The molecule has 1 heterocycles. The van der Waals surface area contributed by atoms with Crippen LogP contribution in [0, 0.1) is 0 Å². The third-order valence-electron chi connectivity index (χ3n) is 1.17. The van der Waals surface area contributed by atoms with Gasteiger partial charge in [0.1, 0.15) is 0 Å². The zero-order valence-corrected chi connectivity index (χ0v) is 6.85. The first-order valence-electron chi connectivity index (χ1n) is 3.10. The molecule has 1 aliphatic heterocycles. The third kappa shape index (κ3) is 2.09. The Hall–Kier alpha value is 0.170. The molecule has 0 spiro atoms. The average Bonchev–Trinajstić information content (AvgIpc) is 1.88. The Morgan fingerprint density at radius 1 is 1.30 bits per heavy atom. The number of rotatable bonds is 1. The van der Waals surface area contributed by atoms with Crippen LogP contribution >= 0.6 is 11.6 Å². The third-order valence-corrected chi connectivity index (χ3v) is 1.34. The van der Waals surface area contributed by atoms with Crippen molar-refractivity contribution >= 4 is 11.6 Å². The molecule has 0 unspecified atom stereocenters. The molecular formula is C6H11ClO3.